The van der Waals surface area contributed by atoms with Crippen molar-refractivity contribution in [3.8, 4) is 11.5 Å². The van der Waals surface area contributed by atoms with Crippen molar-refractivity contribution in [1.82, 2.24) is 4.90 Å². The first-order valence-corrected chi connectivity index (χ1v) is 12.2. The SMILES string of the molecule is COc1cc(/C=C2\SC(=O)N(Cc3c(F)cccc3Cl)C2=O)cc(Br)c1OCc1ccccc1F. The van der Waals surface area contributed by atoms with Crippen molar-refractivity contribution < 1.29 is 27.8 Å². The van der Waals surface area contributed by atoms with Gasteiger partial charge in [-0.3, -0.25) is 14.5 Å². The largest absolute Gasteiger partial charge is 0.493 e. The van der Waals surface area contributed by atoms with Gasteiger partial charge < -0.3 is 9.47 Å². The Morgan fingerprint density at radius 1 is 1.09 bits per heavy atom. The number of thioether (sulfide) groups is 1. The lowest BCUT2D eigenvalue weighted by Gasteiger charge is -2.14. The van der Waals surface area contributed by atoms with Gasteiger partial charge in [-0.2, -0.15) is 0 Å². The molecule has 1 saturated heterocycles. The van der Waals surface area contributed by atoms with Gasteiger partial charge >= 0.3 is 0 Å². The Morgan fingerprint density at radius 3 is 2.54 bits per heavy atom. The maximum absolute atomic E-state index is 14.2. The molecule has 1 heterocycles. The topological polar surface area (TPSA) is 55.8 Å². The monoisotopic (exact) mass is 579 g/mol. The van der Waals surface area contributed by atoms with Gasteiger partial charge in [0.05, 0.1) is 23.0 Å². The molecule has 10 heteroatoms. The van der Waals surface area contributed by atoms with Crippen molar-refractivity contribution in [3.05, 3.63) is 97.3 Å². The third-order valence-electron chi connectivity index (χ3n) is 5.13. The zero-order chi connectivity index (χ0) is 25.1. The zero-order valence-electron chi connectivity index (χ0n) is 18.2. The minimum Gasteiger partial charge on any atom is -0.493 e. The van der Waals surface area contributed by atoms with Gasteiger partial charge in [0.25, 0.3) is 11.1 Å². The number of methoxy groups -OCH3 is 1. The fourth-order valence-corrected chi connectivity index (χ4v) is 4.99. The molecule has 0 radical (unpaired) electrons. The van der Waals surface area contributed by atoms with E-state index in [4.69, 9.17) is 21.1 Å². The molecule has 35 heavy (non-hydrogen) atoms. The van der Waals surface area contributed by atoms with Crippen LogP contribution in [0.25, 0.3) is 6.08 Å². The van der Waals surface area contributed by atoms with Crippen molar-refractivity contribution >= 4 is 56.5 Å². The average Bonchev–Trinajstić information content (AvgIpc) is 3.08. The minimum absolute atomic E-state index is 0.0154. The molecule has 3 aromatic carbocycles. The Bertz CT molecular complexity index is 1330. The Labute approximate surface area is 217 Å². The number of halogens is 4. The molecular weight excluding hydrogens is 564 g/mol. The van der Waals surface area contributed by atoms with Crippen LogP contribution in [0.2, 0.25) is 5.02 Å². The van der Waals surface area contributed by atoms with Crippen molar-refractivity contribution in [2.45, 2.75) is 13.2 Å². The maximum atomic E-state index is 14.2. The van der Waals surface area contributed by atoms with Gasteiger partial charge in [-0.05, 0) is 69.7 Å². The Balaban J connectivity index is 1.56. The minimum atomic E-state index is -0.597. The number of nitrogens with zero attached hydrogens (tertiary/aromatic N) is 1. The molecule has 0 N–H and O–H groups in total. The molecule has 0 aromatic heterocycles. The highest BCUT2D eigenvalue weighted by Crippen LogP contribution is 2.40. The van der Waals surface area contributed by atoms with E-state index >= 15 is 0 Å². The van der Waals surface area contributed by atoms with Gasteiger partial charge in [0.1, 0.15) is 18.2 Å². The summed E-state index contributed by atoms with van der Waals surface area (Å²) in [5.74, 6) is -0.837. The third-order valence-corrected chi connectivity index (χ3v) is 6.98. The van der Waals surface area contributed by atoms with E-state index in [1.54, 1.807) is 30.3 Å². The van der Waals surface area contributed by atoms with Crippen LogP contribution in [0.3, 0.4) is 0 Å². The number of carbonyl (C=O) groups excluding carboxylic acids is 2. The summed E-state index contributed by atoms with van der Waals surface area (Å²) in [7, 11) is 1.45. The predicted octanol–water partition coefficient (Wildman–Crippen LogP) is 7.20. The first-order chi connectivity index (χ1) is 16.8. The van der Waals surface area contributed by atoms with Crippen LogP contribution in [-0.4, -0.2) is 23.2 Å². The molecule has 2 amide bonds. The van der Waals surface area contributed by atoms with E-state index in [1.165, 1.54) is 37.5 Å². The second-order valence-corrected chi connectivity index (χ2v) is 9.64. The van der Waals surface area contributed by atoms with Gasteiger partial charge in [-0.25, -0.2) is 8.78 Å². The Kier molecular flexibility index (Phi) is 7.78. The van der Waals surface area contributed by atoms with E-state index in [2.05, 4.69) is 15.9 Å². The van der Waals surface area contributed by atoms with E-state index in [0.717, 1.165) is 16.7 Å². The molecule has 1 fully saturated rings. The van der Waals surface area contributed by atoms with Crippen LogP contribution >= 0.6 is 39.3 Å². The molecule has 1 aliphatic heterocycles. The highest BCUT2D eigenvalue weighted by atomic mass is 79.9. The van der Waals surface area contributed by atoms with Crippen LogP contribution in [0.15, 0.2) is 64.0 Å². The number of hydrogen-bond donors (Lipinski definition) is 0. The fourth-order valence-electron chi connectivity index (χ4n) is 3.36. The van der Waals surface area contributed by atoms with Crippen LogP contribution in [0.4, 0.5) is 13.6 Å². The zero-order valence-corrected chi connectivity index (χ0v) is 21.3. The standard InChI is InChI=1S/C25H17BrClF2NO4S/c1-33-21-10-14(9-17(26)23(21)34-13-15-5-2-3-7-19(15)28)11-22-24(31)30(25(32)35-22)12-16-18(27)6-4-8-20(16)29/h2-11H,12-13H2,1H3/b22-11-. The third kappa shape index (κ3) is 5.52. The van der Waals surface area contributed by atoms with E-state index in [1.807, 2.05) is 0 Å². The molecule has 3 aromatic rings. The summed E-state index contributed by atoms with van der Waals surface area (Å²) < 4.78 is 39.8. The number of amides is 2. The summed E-state index contributed by atoms with van der Waals surface area (Å²) in [6, 6.07) is 13.7. The van der Waals surface area contributed by atoms with E-state index in [-0.39, 0.29) is 34.5 Å². The van der Waals surface area contributed by atoms with E-state index in [9.17, 15) is 18.4 Å². The van der Waals surface area contributed by atoms with Gasteiger partial charge in [0.2, 0.25) is 0 Å². The number of benzene rings is 3. The summed E-state index contributed by atoms with van der Waals surface area (Å²) in [5.41, 5.74) is 1.01. The number of carbonyl (C=O) groups is 2. The molecule has 0 spiro atoms. The van der Waals surface area contributed by atoms with Crippen LogP contribution < -0.4 is 9.47 Å². The normalized spacial score (nSPS) is 14.7. The Hall–Kier alpha value is -2.88. The number of imide groups is 1. The van der Waals surface area contributed by atoms with Gasteiger partial charge in [-0.1, -0.05) is 35.9 Å². The van der Waals surface area contributed by atoms with Crippen molar-refractivity contribution in [1.29, 1.82) is 0 Å². The lowest BCUT2D eigenvalue weighted by atomic mass is 10.1. The van der Waals surface area contributed by atoms with E-state index in [0.29, 0.717) is 27.1 Å². The molecular formula is C25H17BrClF2NO4S. The molecule has 5 nitrogen and oxygen atoms in total. The van der Waals surface area contributed by atoms with E-state index < -0.39 is 17.0 Å². The molecule has 1 aliphatic rings. The smallest absolute Gasteiger partial charge is 0.293 e. The van der Waals surface area contributed by atoms with Crippen LogP contribution in [0.1, 0.15) is 16.7 Å². The molecule has 0 atom stereocenters. The molecule has 0 bridgehead atoms. The van der Waals surface area contributed by atoms with Crippen molar-refractivity contribution in [2.24, 2.45) is 0 Å². The van der Waals surface area contributed by atoms with Crippen molar-refractivity contribution in [2.75, 3.05) is 7.11 Å². The quantitative estimate of drug-likeness (QED) is 0.277. The summed E-state index contributed by atoms with van der Waals surface area (Å²) >= 11 is 10.2. The lowest BCUT2D eigenvalue weighted by molar-refractivity contribution is -0.123. The summed E-state index contributed by atoms with van der Waals surface area (Å²) in [6.07, 6.45) is 1.53. The highest BCUT2D eigenvalue weighted by Gasteiger charge is 2.36. The van der Waals surface area contributed by atoms with Gasteiger partial charge in [-0.15, -0.1) is 0 Å². The first kappa shape index (κ1) is 25.2. The van der Waals surface area contributed by atoms with Gasteiger partial charge in [0, 0.05) is 16.1 Å². The fraction of sp³-hybridized carbons (Fsp3) is 0.120. The predicted molar refractivity (Wildman–Crippen MR) is 134 cm³/mol. The summed E-state index contributed by atoms with van der Waals surface area (Å²) in [5, 5.41) is -0.399. The van der Waals surface area contributed by atoms with Crippen LogP contribution in [-0.2, 0) is 17.9 Å². The number of ether oxygens (including phenoxy) is 2. The average molecular weight is 581 g/mol. The first-order valence-electron chi connectivity index (χ1n) is 10.2. The van der Waals surface area contributed by atoms with Crippen LogP contribution in [0.5, 0.6) is 11.5 Å². The van der Waals surface area contributed by atoms with Gasteiger partial charge in [0.15, 0.2) is 11.5 Å². The second-order valence-electron chi connectivity index (χ2n) is 7.38. The summed E-state index contributed by atoms with van der Waals surface area (Å²) in [4.78, 5) is 26.5. The molecule has 4 rings (SSSR count). The van der Waals surface area contributed by atoms with Crippen LogP contribution in [0, 0.1) is 11.6 Å². The highest BCUT2D eigenvalue weighted by molar-refractivity contribution is 9.10. The summed E-state index contributed by atoms with van der Waals surface area (Å²) in [6.45, 7) is -0.290. The second kappa shape index (κ2) is 10.8. The number of hydrogen-bond acceptors (Lipinski definition) is 5. The molecule has 0 unspecified atom stereocenters. The van der Waals surface area contributed by atoms with Crippen molar-refractivity contribution in [3.63, 3.8) is 0 Å². The molecule has 0 aliphatic carbocycles. The lowest BCUT2D eigenvalue weighted by Crippen LogP contribution is -2.28. The molecule has 180 valence electrons. The maximum Gasteiger partial charge on any atom is 0.293 e. The number of rotatable bonds is 7. The molecule has 0 saturated carbocycles. The Morgan fingerprint density at radius 2 is 1.83 bits per heavy atom.